The number of alkyl carbamates (subject to hydrolysis) is 1. The smallest absolute Gasteiger partial charge is 0.407 e. The number of amides is 1. The number of aromatic nitrogens is 1. The van der Waals surface area contributed by atoms with Crippen molar-refractivity contribution in [1.29, 1.82) is 0 Å². The largest absolute Gasteiger partial charge is 0.464 e. The SMILES string of the molecule is CCCCOC(=O)CNC(=O)OCC.OCCCCC#CC#CCn1c2ccccc2c2ccccc21. The second-order valence-corrected chi connectivity index (χ2v) is 8.05. The first-order valence-corrected chi connectivity index (χ1v) is 12.7. The summed E-state index contributed by atoms with van der Waals surface area (Å²) in [5, 5.41) is 13.5. The van der Waals surface area contributed by atoms with E-state index in [9.17, 15) is 9.59 Å². The van der Waals surface area contributed by atoms with Crippen LogP contribution in [-0.2, 0) is 20.8 Å². The number of ether oxygens (including phenoxy) is 2. The summed E-state index contributed by atoms with van der Waals surface area (Å²) in [6, 6.07) is 16.9. The molecule has 37 heavy (non-hydrogen) atoms. The van der Waals surface area contributed by atoms with Crippen molar-refractivity contribution in [2.45, 2.75) is 52.5 Å². The lowest BCUT2D eigenvalue weighted by Gasteiger charge is -2.05. The van der Waals surface area contributed by atoms with Crippen LogP contribution in [0.5, 0.6) is 0 Å². The van der Waals surface area contributed by atoms with Gasteiger partial charge in [0.05, 0.1) is 19.8 Å². The number of aliphatic hydroxyl groups is 1. The molecule has 1 heterocycles. The van der Waals surface area contributed by atoms with Gasteiger partial charge in [0.15, 0.2) is 0 Å². The third-order valence-corrected chi connectivity index (χ3v) is 5.28. The molecule has 0 aliphatic rings. The van der Waals surface area contributed by atoms with Crippen molar-refractivity contribution in [3.63, 3.8) is 0 Å². The number of hydrogen-bond donors (Lipinski definition) is 2. The van der Waals surface area contributed by atoms with Gasteiger partial charge in [-0.3, -0.25) is 4.79 Å². The number of carbonyl (C=O) groups is 2. The highest BCUT2D eigenvalue weighted by atomic mass is 16.6. The number of fused-ring (bicyclic) bond motifs is 3. The minimum absolute atomic E-state index is 0.136. The predicted molar refractivity (Wildman–Crippen MR) is 147 cm³/mol. The van der Waals surface area contributed by atoms with E-state index in [2.05, 4.69) is 86.8 Å². The topological polar surface area (TPSA) is 89.8 Å². The molecule has 0 saturated heterocycles. The normalized spacial score (nSPS) is 9.81. The van der Waals surface area contributed by atoms with Crippen LogP contribution in [-0.4, -0.2) is 48.1 Å². The third-order valence-electron chi connectivity index (χ3n) is 5.28. The van der Waals surface area contributed by atoms with Crippen LogP contribution in [0.1, 0.15) is 46.0 Å². The zero-order valence-corrected chi connectivity index (χ0v) is 21.7. The van der Waals surface area contributed by atoms with E-state index in [0.29, 0.717) is 13.2 Å². The number of aliphatic hydroxyl groups excluding tert-OH is 1. The molecular formula is C30H36N2O5. The van der Waals surface area contributed by atoms with Gasteiger partial charge in [-0.05, 0) is 50.2 Å². The summed E-state index contributed by atoms with van der Waals surface area (Å²) >= 11 is 0. The molecule has 0 unspecified atom stereocenters. The van der Waals surface area contributed by atoms with Crippen LogP contribution in [0.15, 0.2) is 48.5 Å². The van der Waals surface area contributed by atoms with Crippen LogP contribution < -0.4 is 5.32 Å². The molecule has 0 fully saturated rings. The third kappa shape index (κ3) is 10.3. The second-order valence-electron chi connectivity index (χ2n) is 8.05. The molecule has 0 spiro atoms. The summed E-state index contributed by atoms with van der Waals surface area (Å²) in [6.45, 7) is 5.13. The molecule has 2 aromatic carbocycles. The van der Waals surface area contributed by atoms with Gasteiger partial charge < -0.3 is 24.5 Å². The summed E-state index contributed by atoms with van der Waals surface area (Å²) in [5.41, 5.74) is 2.41. The standard InChI is InChI=1S/C21H19NO.C9H17NO4/c23-17-11-5-3-1-2-4-10-16-22-20-14-8-6-12-18(20)19-13-7-9-15-21(19)22;1-3-5-6-14-8(11)7-10-9(12)13-4-2/h6-9,12-15,23H,3,5,11,16-17H2;3-7H2,1-2H3,(H,10,12). The molecule has 3 rings (SSSR count). The Hall–Kier alpha value is -3.94. The van der Waals surface area contributed by atoms with E-state index in [1.807, 2.05) is 6.92 Å². The van der Waals surface area contributed by atoms with E-state index in [1.54, 1.807) is 6.92 Å². The van der Waals surface area contributed by atoms with Crippen LogP contribution in [0.25, 0.3) is 21.8 Å². The molecular weight excluding hydrogens is 468 g/mol. The Morgan fingerprint density at radius 2 is 1.54 bits per heavy atom. The average Bonchev–Trinajstić information content (AvgIpc) is 3.23. The van der Waals surface area contributed by atoms with Gasteiger partial charge in [-0.1, -0.05) is 61.6 Å². The maximum atomic E-state index is 10.9. The highest BCUT2D eigenvalue weighted by Gasteiger charge is 2.08. The molecule has 0 radical (unpaired) electrons. The molecule has 1 aromatic heterocycles. The van der Waals surface area contributed by atoms with Crippen molar-refractivity contribution in [2.75, 3.05) is 26.4 Å². The van der Waals surface area contributed by atoms with Gasteiger partial charge in [-0.25, -0.2) is 4.79 Å². The quantitative estimate of drug-likeness (QED) is 0.229. The number of carbonyl (C=O) groups excluding carboxylic acids is 2. The van der Waals surface area contributed by atoms with Gasteiger partial charge in [0.2, 0.25) is 0 Å². The van der Waals surface area contributed by atoms with Gasteiger partial charge in [-0.2, -0.15) is 0 Å². The first-order valence-electron chi connectivity index (χ1n) is 12.7. The number of esters is 1. The van der Waals surface area contributed by atoms with E-state index in [4.69, 9.17) is 9.84 Å². The van der Waals surface area contributed by atoms with Gasteiger partial charge in [-0.15, -0.1) is 0 Å². The van der Waals surface area contributed by atoms with Crippen molar-refractivity contribution in [1.82, 2.24) is 9.88 Å². The van der Waals surface area contributed by atoms with E-state index in [1.165, 1.54) is 21.8 Å². The molecule has 7 heteroatoms. The minimum atomic E-state index is -0.597. The predicted octanol–water partition coefficient (Wildman–Crippen LogP) is 5.04. The van der Waals surface area contributed by atoms with Crippen LogP contribution >= 0.6 is 0 Å². The Morgan fingerprint density at radius 3 is 2.16 bits per heavy atom. The average molecular weight is 505 g/mol. The van der Waals surface area contributed by atoms with E-state index >= 15 is 0 Å². The summed E-state index contributed by atoms with van der Waals surface area (Å²) in [5.74, 6) is 11.6. The van der Waals surface area contributed by atoms with Crippen molar-refractivity contribution in [2.24, 2.45) is 0 Å². The Balaban J connectivity index is 0.000000298. The zero-order chi connectivity index (χ0) is 26.7. The summed E-state index contributed by atoms with van der Waals surface area (Å²) in [4.78, 5) is 21.7. The monoisotopic (exact) mass is 504 g/mol. The lowest BCUT2D eigenvalue weighted by Crippen LogP contribution is -2.31. The number of benzene rings is 2. The summed E-state index contributed by atoms with van der Waals surface area (Å²) in [7, 11) is 0. The Labute approximate surface area is 219 Å². The maximum Gasteiger partial charge on any atom is 0.407 e. The van der Waals surface area contributed by atoms with Crippen LogP contribution in [0.3, 0.4) is 0 Å². The van der Waals surface area contributed by atoms with Crippen molar-refractivity contribution in [3.8, 4) is 23.7 Å². The Bertz CT molecular complexity index is 1200. The molecule has 0 atom stereocenters. The van der Waals surface area contributed by atoms with Crippen LogP contribution in [0, 0.1) is 23.7 Å². The molecule has 2 N–H and O–H groups in total. The number of unbranched alkanes of at least 4 members (excludes halogenated alkanes) is 3. The van der Waals surface area contributed by atoms with Gasteiger partial charge in [0.1, 0.15) is 6.54 Å². The van der Waals surface area contributed by atoms with Crippen molar-refractivity contribution in [3.05, 3.63) is 48.5 Å². The molecule has 0 aliphatic heterocycles. The molecule has 7 nitrogen and oxygen atoms in total. The maximum absolute atomic E-state index is 10.9. The van der Waals surface area contributed by atoms with Gasteiger partial charge in [0.25, 0.3) is 0 Å². The van der Waals surface area contributed by atoms with Crippen LogP contribution in [0.4, 0.5) is 4.79 Å². The van der Waals surface area contributed by atoms with Gasteiger partial charge in [0, 0.05) is 34.8 Å². The first kappa shape index (κ1) is 29.3. The van der Waals surface area contributed by atoms with Gasteiger partial charge >= 0.3 is 12.1 Å². The number of rotatable bonds is 10. The fourth-order valence-corrected chi connectivity index (χ4v) is 3.48. The summed E-state index contributed by atoms with van der Waals surface area (Å²) in [6.07, 6.45) is 3.75. The lowest BCUT2D eigenvalue weighted by atomic mass is 10.2. The fraction of sp³-hybridized carbons (Fsp3) is 0.400. The minimum Gasteiger partial charge on any atom is -0.464 e. The first-order chi connectivity index (χ1) is 18.1. The highest BCUT2D eigenvalue weighted by Crippen LogP contribution is 2.28. The number of nitrogens with zero attached hydrogens (tertiary/aromatic N) is 1. The number of nitrogens with one attached hydrogen (secondary N) is 1. The second kappa shape index (κ2) is 17.5. The molecule has 3 aromatic rings. The molecule has 0 saturated carbocycles. The molecule has 0 bridgehead atoms. The Morgan fingerprint density at radius 1 is 0.892 bits per heavy atom. The van der Waals surface area contributed by atoms with Crippen LogP contribution in [0.2, 0.25) is 0 Å². The van der Waals surface area contributed by atoms with E-state index < -0.39 is 12.1 Å². The molecule has 1 amide bonds. The summed E-state index contributed by atoms with van der Waals surface area (Å²) < 4.78 is 11.6. The molecule has 196 valence electrons. The highest BCUT2D eigenvalue weighted by molar-refractivity contribution is 6.08. The van der Waals surface area contributed by atoms with Crippen molar-refractivity contribution < 1.29 is 24.2 Å². The Kier molecular flexibility index (Phi) is 13.8. The van der Waals surface area contributed by atoms with E-state index in [0.717, 1.165) is 32.1 Å². The van der Waals surface area contributed by atoms with E-state index in [-0.39, 0.29) is 19.8 Å². The number of para-hydroxylation sites is 2. The molecule has 0 aliphatic carbocycles. The zero-order valence-electron chi connectivity index (χ0n) is 21.7. The lowest BCUT2D eigenvalue weighted by molar-refractivity contribution is -0.142. The van der Waals surface area contributed by atoms with Crippen molar-refractivity contribution >= 4 is 33.9 Å². The number of hydrogen-bond acceptors (Lipinski definition) is 5. The fourth-order valence-electron chi connectivity index (χ4n) is 3.48.